The number of hydrogen-bond acceptors (Lipinski definition) is 8. The first-order valence-electron chi connectivity index (χ1n) is 12.7. The SMILES string of the molecule is CC(C)[Si](C)(C)OC[C@H]1O[C@@H](n2cnc(N)nc2=O)[C@H](O[Si](C)(C)C(C)C)[C@@H]1O[Si](C)(C)C(C)C. The highest BCUT2D eigenvalue weighted by Gasteiger charge is 2.52. The van der Waals surface area contributed by atoms with Crippen molar-refractivity contribution in [1.82, 2.24) is 14.5 Å². The molecule has 1 fully saturated rings. The first-order valence-corrected chi connectivity index (χ1v) is 21.7. The summed E-state index contributed by atoms with van der Waals surface area (Å²) in [6.45, 7) is 26.8. The summed E-state index contributed by atoms with van der Waals surface area (Å²) in [5.41, 5.74) is 6.35. The van der Waals surface area contributed by atoms with E-state index in [1.54, 1.807) is 0 Å². The van der Waals surface area contributed by atoms with Crippen LogP contribution < -0.4 is 11.4 Å². The van der Waals surface area contributed by atoms with Crippen LogP contribution in [0.25, 0.3) is 0 Å². The maximum absolute atomic E-state index is 12.8. The second-order valence-corrected chi connectivity index (χ2v) is 26.1. The number of aromatic nitrogens is 3. The summed E-state index contributed by atoms with van der Waals surface area (Å²) in [6, 6.07) is 0. The molecule has 1 saturated heterocycles. The average Bonchev–Trinajstić information content (AvgIpc) is 3.02. The lowest BCUT2D eigenvalue weighted by atomic mass is 10.1. The Labute approximate surface area is 214 Å². The molecule has 1 aliphatic heterocycles. The maximum atomic E-state index is 12.8. The normalized spacial score (nSPS) is 24.2. The number of rotatable bonds is 11. The van der Waals surface area contributed by atoms with E-state index < -0.39 is 43.0 Å². The van der Waals surface area contributed by atoms with Gasteiger partial charge in [-0.3, -0.25) is 4.57 Å². The molecule has 0 unspecified atom stereocenters. The van der Waals surface area contributed by atoms with Crippen LogP contribution in [0.15, 0.2) is 11.1 Å². The van der Waals surface area contributed by atoms with Gasteiger partial charge in [-0.15, -0.1) is 0 Å². The molecule has 1 aromatic heterocycles. The van der Waals surface area contributed by atoms with Crippen molar-refractivity contribution >= 4 is 30.9 Å². The molecular weight excluding hydrogens is 497 g/mol. The monoisotopic (exact) mass is 544 g/mol. The minimum absolute atomic E-state index is 0.0654. The minimum atomic E-state index is -2.16. The number of nitrogen functional groups attached to an aromatic ring is 1. The molecule has 0 aromatic carbocycles. The Kier molecular flexibility index (Phi) is 9.73. The zero-order valence-corrected chi connectivity index (χ0v) is 26.8. The summed E-state index contributed by atoms with van der Waals surface area (Å²) in [5.74, 6) is -0.0654. The quantitative estimate of drug-likeness (QED) is 0.397. The first kappa shape index (κ1) is 30.3. The number of hydrogen-bond donors (Lipinski definition) is 1. The van der Waals surface area contributed by atoms with E-state index in [2.05, 4.69) is 90.8 Å². The number of anilines is 1. The fourth-order valence-electron chi connectivity index (χ4n) is 3.30. The van der Waals surface area contributed by atoms with E-state index >= 15 is 0 Å². The fraction of sp³-hybridized carbons (Fsp3) is 0.870. The summed E-state index contributed by atoms with van der Waals surface area (Å²) in [5, 5.41) is 0. The Morgan fingerprint density at radius 2 is 1.40 bits per heavy atom. The van der Waals surface area contributed by atoms with E-state index in [1.807, 2.05) is 0 Å². The van der Waals surface area contributed by atoms with Gasteiger partial charge in [0.1, 0.15) is 24.6 Å². The van der Waals surface area contributed by atoms with Gasteiger partial charge in [-0.2, -0.15) is 4.98 Å². The number of ether oxygens (including phenoxy) is 1. The van der Waals surface area contributed by atoms with Crippen molar-refractivity contribution in [3.05, 3.63) is 16.8 Å². The molecule has 0 aliphatic carbocycles. The van der Waals surface area contributed by atoms with Gasteiger partial charge < -0.3 is 23.7 Å². The fourth-order valence-corrected chi connectivity index (χ4v) is 6.71. The van der Waals surface area contributed by atoms with Crippen LogP contribution in [0.5, 0.6) is 0 Å². The van der Waals surface area contributed by atoms with Gasteiger partial charge in [0.05, 0.1) is 6.61 Å². The Morgan fingerprint density at radius 3 is 1.86 bits per heavy atom. The average molecular weight is 545 g/mol. The smallest absolute Gasteiger partial charge is 0.354 e. The van der Waals surface area contributed by atoms with Crippen molar-refractivity contribution in [2.24, 2.45) is 0 Å². The van der Waals surface area contributed by atoms with Crippen LogP contribution in [0.2, 0.25) is 55.9 Å². The van der Waals surface area contributed by atoms with E-state index in [9.17, 15) is 4.79 Å². The number of nitrogens with two attached hydrogens (primary N) is 1. The molecule has 4 atom stereocenters. The lowest BCUT2D eigenvalue weighted by molar-refractivity contribution is -0.0508. The Balaban J connectivity index is 2.56. The molecule has 0 spiro atoms. The molecule has 2 N–H and O–H groups in total. The summed E-state index contributed by atoms with van der Waals surface area (Å²) in [6.07, 6.45) is -0.591. The van der Waals surface area contributed by atoms with Gasteiger partial charge >= 0.3 is 5.69 Å². The second-order valence-electron chi connectivity index (χ2n) is 12.2. The van der Waals surface area contributed by atoms with Crippen LogP contribution in [-0.2, 0) is 18.0 Å². The third-order valence-electron chi connectivity index (χ3n) is 7.98. The molecule has 0 bridgehead atoms. The molecule has 0 saturated carbocycles. The van der Waals surface area contributed by atoms with E-state index in [0.717, 1.165) is 0 Å². The summed E-state index contributed by atoms with van der Waals surface area (Å²) in [4.78, 5) is 20.7. The van der Waals surface area contributed by atoms with Gasteiger partial charge in [-0.1, -0.05) is 41.5 Å². The zero-order valence-electron chi connectivity index (χ0n) is 23.8. The van der Waals surface area contributed by atoms with Gasteiger partial charge in [0.15, 0.2) is 31.2 Å². The summed E-state index contributed by atoms with van der Waals surface area (Å²) >= 11 is 0. The first-order chi connectivity index (χ1) is 15.9. The van der Waals surface area contributed by atoms with Crippen molar-refractivity contribution in [3.63, 3.8) is 0 Å². The molecule has 12 heteroatoms. The third kappa shape index (κ3) is 7.33. The van der Waals surface area contributed by atoms with Crippen molar-refractivity contribution in [2.45, 2.75) is 122 Å². The molecule has 35 heavy (non-hydrogen) atoms. The highest BCUT2D eigenvalue weighted by atomic mass is 28.4. The summed E-state index contributed by atoms with van der Waals surface area (Å²) in [7, 11) is -6.20. The topological polar surface area (TPSA) is 111 Å². The molecule has 2 heterocycles. The van der Waals surface area contributed by atoms with Crippen molar-refractivity contribution in [1.29, 1.82) is 0 Å². The predicted octanol–water partition coefficient (Wildman–Crippen LogP) is 4.75. The van der Waals surface area contributed by atoms with Gasteiger partial charge in [0.25, 0.3) is 0 Å². The Bertz CT molecular complexity index is 907. The summed E-state index contributed by atoms with van der Waals surface area (Å²) < 4.78 is 28.2. The Hall–Kier alpha value is -0.899. The highest BCUT2D eigenvalue weighted by molar-refractivity contribution is 6.73. The maximum Gasteiger partial charge on any atom is 0.354 e. The van der Waals surface area contributed by atoms with Gasteiger partial charge in [0, 0.05) is 0 Å². The van der Waals surface area contributed by atoms with Gasteiger partial charge in [-0.25, -0.2) is 9.78 Å². The molecule has 0 amide bonds. The van der Waals surface area contributed by atoms with Crippen LogP contribution in [0.3, 0.4) is 0 Å². The molecule has 1 aromatic rings. The molecule has 0 radical (unpaired) electrons. The van der Waals surface area contributed by atoms with Crippen molar-refractivity contribution < 1.29 is 18.0 Å². The van der Waals surface area contributed by atoms with Crippen LogP contribution in [0.1, 0.15) is 47.8 Å². The van der Waals surface area contributed by atoms with Gasteiger partial charge in [0.2, 0.25) is 5.95 Å². The Morgan fingerprint density at radius 1 is 0.914 bits per heavy atom. The van der Waals surface area contributed by atoms with E-state index in [0.29, 0.717) is 23.2 Å². The molecular formula is C23H48N4O5Si3. The molecule has 202 valence electrons. The lowest BCUT2D eigenvalue weighted by Gasteiger charge is -2.39. The standard InChI is InChI=1S/C23H48N4O5Si3/c1-15(2)33(7,8)29-13-18-19(31-34(9,10)16(3)4)20(32-35(11,12)17(5)6)21(30-18)27-14-25-22(24)26-23(27)28/h14-21H,13H2,1-12H3,(H2,24,26,28)/t18-,19-,20-,21-/m1/s1. The highest BCUT2D eigenvalue weighted by Crippen LogP contribution is 2.40. The number of nitrogens with zero attached hydrogens (tertiary/aromatic N) is 3. The van der Waals surface area contributed by atoms with Crippen LogP contribution >= 0.6 is 0 Å². The van der Waals surface area contributed by atoms with Gasteiger partial charge in [-0.05, 0) is 55.9 Å². The van der Waals surface area contributed by atoms with E-state index in [4.69, 9.17) is 23.7 Å². The molecule has 1 aliphatic rings. The lowest BCUT2D eigenvalue weighted by Crippen LogP contribution is -2.52. The van der Waals surface area contributed by atoms with Crippen LogP contribution in [0.4, 0.5) is 5.95 Å². The van der Waals surface area contributed by atoms with E-state index in [-0.39, 0.29) is 18.2 Å². The van der Waals surface area contributed by atoms with Crippen LogP contribution in [-0.4, -0.2) is 64.4 Å². The third-order valence-corrected chi connectivity index (χ3v) is 19.0. The molecule has 9 nitrogen and oxygen atoms in total. The zero-order chi connectivity index (χ0) is 26.9. The van der Waals surface area contributed by atoms with E-state index in [1.165, 1.54) is 10.9 Å². The van der Waals surface area contributed by atoms with Crippen molar-refractivity contribution in [3.8, 4) is 0 Å². The predicted molar refractivity (Wildman–Crippen MR) is 148 cm³/mol. The van der Waals surface area contributed by atoms with Crippen molar-refractivity contribution in [2.75, 3.05) is 12.3 Å². The minimum Gasteiger partial charge on any atom is -0.414 e. The largest absolute Gasteiger partial charge is 0.414 e. The van der Waals surface area contributed by atoms with Crippen LogP contribution in [0, 0.1) is 0 Å². The second kappa shape index (κ2) is 11.2. The molecule has 2 rings (SSSR count).